The fourth-order valence-corrected chi connectivity index (χ4v) is 3.86. The molecule has 5 heteroatoms. The van der Waals surface area contributed by atoms with Gasteiger partial charge in [0.2, 0.25) is 5.91 Å². The first-order valence-corrected chi connectivity index (χ1v) is 9.16. The Morgan fingerprint density at radius 1 is 1.13 bits per heavy atom. The number of carbonyl (C=O) groups is 1. The first kappa shape index (κ1) is 16.7. The van der Waals surface area contributed by atoms with Gasteiger partial charge in [0.15, 0.2) is 0 Å². The number of hydrogen-bond acceptors (Lipinski definition) is 2. The minimum atomic E-state index is -0.269. The van der Waals surface area contributed by atoms with Crippen LogP contribution in [0.15, 0.2) is 48.5 Å². The summed E-state index contributed by atoms with van der Waals surface area (Å²) in [5.41, 5.74) is 1.69. The summed E-state index contributed by atoms with van der Waals surface area (Å²) >= 11 is 8.45. The first-order valence-electron chi connectivity index (χ1n) is 7.70. The van der Waals surface area contributed by atoms with Crippen LogP contribution in [0.1, 0.15) is 24.4 Å². The highest BCUT2D eigenvalue weighted by Crippen LogP contribution is 2.29. The highest BCUT2D eigenvalue weighted by Gasteiger charge is 2.29. The molecule has 1 unspecified atom stereocenters. The quantitative estimate of drug-likeness (QED) is 0.698. The van der Waals surface area contributed by atoms with E-state index in [9.17, 15) is 4.79 Å². The van der Waals surface area contributed by atoms with E-state index in [4.69, 9.17) is 11.6 Å². The molecule has 0 aromatic heterocycles. The number of anilines is 1. The van der Waals surface area contributed by atoms with Crippen molar-refractivity contribution in [1.82, 2.24) is 4.90 Å². The van der Waals surface area contributed by atoms with Gasteiger partial charge in [-0.1, -0.05) is 41.9 Å². The molecule has 3 nitrogen and oxygen atoms in total. The van der Waals surface area contributed by atoms with Crippen LogP contribution in [0.25, 0.3) is 0 Å². The van der Waals surface area contributed by atoms with Crippen molar-refractivity contribution in [1.29, 1.82) is 0 Å². The molecule has 1 saturated heterocycles. The van der Waals surface area contributed by atoms with Gasteiger partial charge in [-0.15, -0.1) is 0 Å². The zero-order valence-corrected chi connectivity index (χ0v) is 15.5. The molecule has 2 aromatic rings. The summed E-state index contributed by atoms with van der Waals surface area (Å²) in [6.45, 7) is 1.90. The largest absolute Gasteiger partial charge is 0.323 e. The molecule has 0 bridgehead atoms. The van der Waals surface area contributed by atoms with Gasteiger partial charge < -0.3 is 5.32 Å². The van der Waals surface area contributed by atoms with Crippen LogP contribution in [0.5, 0.6) is 0 Å². The summed E-state index contributed by atoms with van der Waals surface area (Å²) in [6, 6.07) is 15.3. The number of likely N-dealkylation sites (tertiary alicyclic amines) is 1. The molecule has 1 amide bonds. The maximum absolute atomic E-state index is 12.9. The number of amides is 1. The van der Waals surface area contributed by atoms with Crippen LogP contribution >= 0.6 is 34.2 Å². The molecule has 1 aliphatic heterocycles. The molecule has 1 aliphatic rings. The van der Waals surface area contributed by atoms with Crippen LogP contribution in [0.2, 0.25) is 5.02 Å². The maximum atomic E-state index is 12.9. The molecular weight excluding hydrogens is 423 g/mol. The number of hydrogen-bond donors (Lipinski definition) is 1. The number of nitrogens with zero attached hydrogens (tertiary/aromatic N) is 1. The summed E-state index contributed by atoms with van der Waals surface area (Å²) in [6.07, 6.45) is 2.28. The summed E-state index contributed by atoms with van der Waals surface area (Å²) in [5, 5.41) is 3.57. The van der Waals surface area contributed by atoms with E-state index in [1.807, 2.05) is 48.5 Å². The van der Waals surface area contributed by atoms with Crippen molar-refractivity contribution in [3.8, 4) is 0 Å². The van der Waals surface area contributed by atoms with Crippen molar-refractivity contribution in [2.45, 2.75) is 18.9 Å². The molecule has 1 fully saturated rings. The second-order valence-electron chi connectivity index (χ2n) is 5.67. The molecule has 1 atom stereocenters. The van der Waals surface area contributed by atoms with E-state index in [0.29, 0.717) is 10.7 Å². The van der Waals surface area contributed by atoms with Crippen LogP contribution in [0.3, 0.4) is 0 Å². The van der Waals surface area contributed by atoms with E-state index in [1.165, 1.54) is 0 Å². The molecule has 120 valence electrons. The van der Waals surface area contributed by atoms with Gasteiger partial charge >= 0.3 is 0 Å². The number of halogens is 2. The Bertz CT molecular complexity index is 687. The lowest BCUT2D eigenvalue weighted by molar-refractivity contribution is -0.121. The van der Waals surface area contributed by atoms with Crippen LogP contribution in [0, 0.1) is 3.57 Å². The molecule has 3 rings (SSSR count). The van der Waals surface area contributed by atoms with Crippen LogP contribution in [0.4, 0.5) is 5.69 Å². The van der Waals surface area contributed by atoms with Gasteiger partial charge in [-0.3, -0.25) is 9.69 Å². The van der Waals surface area contributed by atoms with E-state index in [-0.39, 0.29) is 11.9 Å². The van der Waals surface area contributed by atoms with Gasteiger partial charge in [0, 0.05) is 3.57 Å². The third kappa shape index (κ3) is 4.05. The zero-order chi connectivity index (χ0) is 16.2. The van der Waals surface area contributed by atoms with Crippen LogP contribution in [-0.2, 0) is 4.79 Å². The second kappa shape index (κ2) is 7.64. The van der Waals surface area contributed by atoms with Crippen molar-refractivity contribution < 1.29 is 4.79 Å². The second-order valence-corrected chi connectivity index (χ2v) is 7.32. The fraction of sp³-hybridized carbons (Fsp3) is 0.278. The Balaban J connectivity index is 1.85. The molecule has 0 aliphatic carbocycles. The van der Waals surface area contributed by atoms with E-state index in [2.05, 4.69) is 32.8 Å². The Morgan fingerprint density at radius 2 is 1.83 bits per heavy atom. The predicted octanol–water partition coefficient (Wildman–Crippen LogP) is 4.72. The molecule has 23 heavy (non-hydrogen) atoms. The Labute approximate surface area is 155 Å². The third-order valence-corrected chi connectivity index (χ3v) is 5.04. The standard InChI is InChI=1S/C18H18ClIN2O/c19-15-12-14(20)8-9-16(15)21-18(23)17(22-10-4-5-11-22)13-6-2-1-3-7-13/h1-3,6-9,12,17H,4-5,10-11H2,(H,21,23). The molecule has 0 saturated carbocycles. The van der Waals surface area contributed by atoms with Gasteiger partial charge in [0.25, 0.3) is 0 Å². The minimum absolute atomic E-state index is 0.0267. The lowest BCUT2D eigenvalue weighted by Gasteiger charge is -2.27. The first-order chi connectivity index (χ1) is 11.1. The molecule has 0 spiro atoms. The Morgan fingerprint density at radius 3 is 2.48 bits per heavy atom. The Kier molecular flexibility index (Phi) is 5.56. The lowest BCUT2D eigenvalue weighted by Crippen LogP contribution is -2.35. The van der Waals surface area contributed by atoms with Gasteiger partial charge in [-0.2, -0.15) is 0 Å². The SMILES string of the molecule is O=C(Nc1ccc(I)cc1Cl)C(c1ccccc1)N1CCCC1. The highest BCUT2D eigenvalue weighted by atomic mass is 127. The number of benzene rings is 2. The molecule has 1 N–H and O–H groups in total. The number of rotatable bonds is 4. The lowest BCUT2D eigenvalue weighted by atomic mass is 10.0. The average Bonchev–Trinajstić information content (AvgIpc) is 3.05. The molecule has 2 aromatic carbocycles. The summed E-state index contributed by atoms with van der Waals surface area (Å²) in [7, 11) is 0. The monoisotopic (exact) mass is 440 g/mol. The topological polar surface area (TPSA) is 32.3 Å². The van der Waals surface area contributed by atoms with E-state index in [1.54, 1.807) is 0 Å². The Hall–Kier alpha value is -1.11. The van der Waals surface area contributed by atoms with Crippen molar-refractivity contribution in [2.75, 3.05) is 18.4 Å². The number of carbonyl (C=O) groups excluding carboxylic acids is 1. The average molecular weight is 441 g/mol. The van der Waals surface area contributed by atoms with Crippen molar-refractivity contribution in [3.63, 3.8) is 0 Å². The fourth-order valence-electron chi connectivity index (χ4n) is 2.96. The van der Waals surface area contributed by atoms with E-state index < -0.39 is 0 Å². The molecular formula is C18H18ClIN2O. The zero-order valence-electron chi connectivity index (χ0n) is 12.6. The van der Waals surface area contributed by atoms with E-state index >= 15 is 0 Å². The summed E-state index contributed by atoms with van der Waals surface area (Å²) in [5.74, 6) is -0.0267. The summed E-state index contributed by atoms with van der Waals surface area (Å²) < 4.78 is 1.05. The highest BCUT2D eigenvalue weighted by molar-refractivity contribution is 14.1. The van der Waals surface area contributed by atoms with E-state index in [0.717, 1.165) is 35.1 Å². The predicted molar refractivity (Wildman–Crippen MR) is 103 cm³/mol. The van der Waals surface area contributed by atoms with Crippen molar-refractivity contribution in [3.05, 3.63) is 62.7 Å². The van der Waals surface area contributed by atoms with Gasteiger partial charge in [-0.25, -0.2) is 0 Å². The minimum Gasteiger partial charge on any atom is -0.323 e. The third-order valence-electron chi connectivity index (χ3n) is 4.06. The molecule has 1 heterocycles. The van der Waals surface area contributed by atoms with Gasteiger partial charge in [0.05, 0.1) is 10.7 Å². The van der Waals surface area contributed by atoms with Crippen molar-refractivity contribution in [2.24, 2.45) is 0 Å². The summed E-state index contributed by atoms with van der Waals surface area (Å²) in [4.78, 5) is 15.2. The van der Waals surface area contributed by atoms with Crippen LogP contribution in [-0.4, -0.2) is 23.9 Å². The van der Waals surface area contributed by atoms with Gasteiger partial charge in [-0.05, 0) is 72.3 Å². The molecule has 0 radical (unpaired) electrons. The normalized spacial score (nSPS) is 16.3. The van der Waals surface area contributed by atoms with Crippen LogP contribution < -0.4 is 5.32 Å². The van der Waals surface area contributed by atoms with Gasteiger partial charge in [0.1, 0.15) is 6.04 Å². The van der Waals surface area contributed by atoms with Crippen molar-refractivity contribution >= 4 is 45.8 Å². The number of nitrogens with one attached hydrogen (secondary N) is 1. The maximum Gasteiger partial charge on any atom is 0.246 e. The smallest absolute Gasteiger partial charge is 0.246 e.